The number of nitrogens with one attached hydrogen (secondary N) is 1. The molecule has 0 radical (unpaired) electrons. The van der Waals surface area contributed by atoms with Crippen LogP contribution >= 0.6 is 11.6 Å². The third-order valence-corrected chi connectivity index (χ3v) is 4.06. The standard InChI is InChI=1S/C17H27ClN2O3/c1-4-6-23-17-15(18)8-13(9-16(17)21-3)10-19-11-14-12-20(2)5-7-22-14/h8-9,14,19H,4-7,10-12H2,1-3H3/t14-/m1/s1. The van der Waals surface area contributed by atoms with Crippen LogP contribution in [0.3, 0.4) is 0 Å². The molecule has 2 rings (SSSR count). The summed E-state index contributed by atoms with van der Waals surface area (Å²) in [5.74, 6) is 1.30. The molecule has 5 nitrogen and oxygen atoms in total. The molecule has 6 heteroatoms. The van der Waals surface area contributed by atoms with Crippen LogP contribution in [0.15, 0.2) is 12.1 Å². The first-order valence-electron chi connectivity index (χ1n) is 8.14. The SMILES string of the molecule is CCCOc1c(Cl)cc(CNC[C@@H]2CN(C)CCO2)cc1OC. The van der Waals surface area contributed by atoms with E-state index in [1.807, 2.05) is 12.1 Å². The van der Waals surface area contributed by atoms with E-state index in [-0.39, 0.29) is 6.10 Å². The lowest BCUT2D eigenvalue weighted by Crippen LogP contribution is -2.44. The van der Waals surface area contributed by atoms with Gasteiger partial charge in [0.05, 0.1) is 31.5 Å². The Kier molecular flexibility index (Phi) is 7.43. The first-order valence-corrected chi connectivity index (χ1v) is 8.52. The molecule has 23 heavy (non-hydrogen) atoms. The number of morpholine rings is 1. The van der Waals surface area contributed by atoms with E-state index in [1.54, 1.807) is 7.11 Å². The Balaban J connectivity index is 1.90. The van der Waals surface area contributed by atoms with Crippen molar-refractivity contribution in [2.45, 2.75) is 26.0 Å². The monoisotopic (exact) mass is 342 g/mol. The smallest absolute Gasteiger partial charge is 0.179 e. The minimum atomic E-state index is 0.235. The zero-order valence-electron chi connectivity index (χ0n) is 14.2. The molecule has 0 aromatic heterocycles. The summed E-state index contributed by atoms with van der Waals surface area (Å²) in [4.78, 5) is 2.29. The van der Waals surface area contributed by atoms with E-state index >= 15 is 0 Å². The molecule has 0 spiro atoms. The van der Waals surface area contributed by atoms with Crippen molar-refractivity contribution in [3.8, 4) is 11.5 Å². The van der Waals surface area contributed by atoms with Crippen molar-refractivity contribution < 1.29 is 14.2 Å². The van der Waals surface area contributed by atoms with Gasteiger partial charge in [-0.3, -0.25) is 0 Å². The third-order valence-electron chi connectivity index (χ3n) is 3.78. The van der Waals surface area contributed by atoms with Crippen molar-refractivity contribution >= 4 is 11.6 Å². The van der Waals surface area contributed by atoms with Gasteiger partial charge in [0.1, 0.15) is 0 Å². The highest BCUT2D eigenvalue weighted by atomic mass is 35.5. The average molecular weight is 343 g/mol. The number of hydrogen-bond acceptors (Lipinski definition) is 5. The number of halogens is 1. The van der Waals surface area contributed by atoms with Gasteiger partial charge in [-0.25, -0.2) is 0 Å². The number of benzene rings is 1. The van der Waals surface area contributed by atoms with Crippen molar-refractivity contribution in [2.24, 2.45) is 0 Å². The van der Waals surface area contributed by atoms with Gasteiger partial charge in [0.15, 0.2) is 11.5 Å². The van der Waals surface area contributed by atoms with Crippen LogP contribution in [0.25, 0.3) is 0 Å². The number of hydrogen-bond donors (Lipinski definition) is 1. The van der Waals surface area contributed by atoms with Crippen molar-refractivity contribution in [3.63, 3.8) is 0 Å². The van der Waals surface area contributed by atoms with Gasteiger partial charge in [-0.2, -0.15) is 0 Å². The van der Waals surface area contributed by atoms with E-state index < -0.39 is 0 Å². The largest absolute Gasteiger partial charge is 0.493 e. The molecule has 1 heterocycles. The summed E-state index contributed by atoms with van der Waals surface area (Å²) in [5, 5.41) is 4.01. The highest BCUT2D eigenvalue weighted by molar-refractivity contribution is 6.32. The molecule has 0 amide bonds. The molecule has 1 aromatic rings. The Morgan fingerprint density at radius 1 is 1.43 bits per heavy atom. The number of methoxy groups -OCH3 is 1. The topological polar surface area (TPSA) is 43.0 Å². The van der Waals surface area contributed by atoms with Gasteiger partial charge in [0.2, 0.25) is 0 Å². The molecule has 0 aliphatic carbocycles. The molecule has 1 saturated heterocycles. The number of nitrogens with zero attached hydrogens (tertiary/aromatic N) is 1. The molecular weight excluding hydrogens is 316 g/mol. The van der Waals surface area contributed by atoms with Gasteiger partial charge in [-0.1, -0.05) is 18.5 Å². The minimum Gasteiger partial charge on any atom is -0.493 e. The molecule has 1 aromatic carbocycles. The maximum Gasteiger partial charge on any atom is 0.179 e. The first-order chi connectivity index (χ1) is 11.1. The summed E-state index contributed by atoms with van der Waals surface area (Å²) in [5.41, 5.74) is 1.07. The summed E-state index contributed by atoms with van der Waals surface area (Å²) >= 11 is 6.33. The fourth-order valence-corrected chi connectivity index (χ4v) is 2.88. The van der Waals surface area contributed by atoms with Crippen LogP contribution in [0.5, 0.6) is 11.5 Å². The van der Waals surface area contributed by atoms with Gasteiger partial charge in [0, 0.05) is 26.2 Å². The minimum absolute atomic E-state index is 0.235. The van der Waals surface area contributed by atoms with E-state index in [0.717, 1.165) is 38.2 Å². The van der Waals surface area contributed by atoms with Crippen LogP contribution in [-0.4, -0.2) is 58.0 Å². The summed E-state index contributed by atoms with van der Waals surface area (Å²) in [6.07, 6.45) is 1.16. The first kappa shape index (κ1) is 18.3. The third kappa shape index (κ3) is 5.53. The van der Waals surface area contributed by atoms with Crippen molar-refractivity contribution in [3.05, 3.63) is 22.7 Å². The molecule has 1 atom stereocenters. The lowest BCUT2D eigenvalue weighted by atomic mass is 10.2. The molecule has 1 fully saturated rings. The molecule has 0 saturated carbocycles. The van der Waals surface area contributed by atoms with Crippen LogP contribution < -0.4 is 14.8 Å². The van der Waals surface area contributed by atoms with E-state index in [2.05, 4.69) is 24.2 Å². The zero-order valence-corrected chi connectivity index (χ0v) is 15.0. The normalized spacial score (nSPS) is 18.9. The predicted molar refractivity (Wildman–Crippen MR) is 92.7 cm³/mol. The molecule has 0 unspecified atom stereocenters. The van der Waals surface area contributed by atoms with E-state index in [0.29, 0.717) is 29.7 Å². The van der Waals surface area contributed by atoms with Crippen molar-refractivity contribution in [2.75, 3.05) is 47.0 Å². The quantitative estimate of drug-likeness (QED) is 0.786. The van der Waals surface area contributed by atoms with Gasteiger partial charge in [-0.15, -0.1) is 0 Å². The van der Waals surface area contributed by atoms with Crippen molar-refractivity contribution in [1.82, 2.24) is 10.2 Å². The summed E-state index contributed by atoms with van der Waals surface area (Å²) < 4.78 is 16.8. The lowest BCUT2D eigenvalue weighted by Gasteiger charge is -2.30. The van der Waals surface area contributed by atoms with Gasteiger partial charge < -0.3 is 24.4 Å². The summed E-state index contributed by atoms with van der Waals surface area (Å²) in [7, 11) is 3.75. The van der Waals surface area contributed by atoms with Crippen LogP contribution in [0.4, 0.5) is 0 Å². The number of ether oxygens (including phenoxy) is 3. The fraction of sp³-hybridized carbons (Fsp3) is 0.647. The lowest BCUT2D eigenvalue weighted by molar-refractivity contribution is -0.0182. The highest BCUT2D eigenvalue weighted by Crippen LogP contribution is 2.36. The summed E-state index contributed by atoms with van der Waals surface area (Å²) in [6.45, 7) is 6.98. The maximum atomic E-state index is 6.33. The van der Waals surface area contributed by atoms with Crippen LogP contribution in [0.1, 0.15) is 18.9 Å². The molecule has 0 bridgehead atoms. The molecule has 1 aliphatic rings. The number of rotatable bonds is 8. The second kappa shape index (κ2) is 9.33. The van der Waals surface area contributed by atoms with Crippen LogP contribution in [0, 0.1) is 0 Å². The Bertz CT molecular complexity index is 499. The van der Waals surface area contributed by atoms with Gasteiger partial charge in [-0.05, 0) is 31.2 Å². The van der Waals surface area contributed by atoms with Crippen molar-refractivity contribution in [1.29, 1.82) is 0 Å². The van der Waals surface area contributed by atoms with Crippen LogP contribution in [0.2, 0.25) is 5.02 Å². The summed E-state index contributed by atoms with van der Waals surface area (Å²) in [6, 6.07) is 3.90. The molecular formula is C17H27ClN2O3. The van der Waals surface area contributed by atoms with E-state index in [4.69, 9.17) is 25.8 Å². The molecule has 1 N–H and O–H groups in total. The second-order valence-electron chi connectivity index (χ2n) is 5.84. The fourth-order valence-electron chi connectivity index (χ4n) is 2.59. The van der Waals surface area contributed by atoms with Gasteiger partial charge >= 0.3 is 0 Å². The molecule has 1 aliphatic heterocycles. The Morgan fingerprint density at radius 2 is 2.26 bits per heavy atom. The van der Waals surface area contributed by atoms with Gasteiger partial charge in [0.25, 0.3) is 0 Å². The Morgan fingerprint density at radius 3 is 2.96 bits per heavy atom. The molecule has 130 valence electrons. The Labute approximate surface area is 143 Å². The Hall–Kier alpha value is -1.01. The highest BCUT2D eigenvalue weighted by Gasteiger charge is 2.17. The number of likely N-dealkylation sites (N-methyl/N-ethyl adjacent to an activating group) is 1. The maximum absolute atomic E-state index is 6.33. The van der Waals surface area contributed by atoms with E-state index in [1.165, 1.54) is 0 Å². The second-order valence-corrected chi connectivity index (χ2v) is 6.25. The van der Waals surface area contributed by atoms with E-state index in [9.17, 15) is 0 Å². The van der Waals surface area contributed by atoms with Crippen LogP contribution in [-0.2, 0) is 11.3 Å². The average Bonchev–Trinajstić information content (AvgIpc) is 2.53. The predicted octanol–water partition coefficient (Wildman–Crippen LogP) is 2.56. The zero-order chi connectivity index (χ0) is 16.7.